The highest BCUT2D eigenvalue weighted by Gasteiger charge is 2.08. The molecule has 0 spiro atoms. The van der Waals surface area contributed by atoms with Crippen LogP contribution in [-0.4, -0.2) is 25.2 Å². The van der Waals surface area contributed by atoms with Crippen LogP contribution in [0.3, 0.4) is 0 Å². The van der Waals surface area contributed by atoms with E-state index in [1.807, 2.05) is 20.8 Å². The lowest BCUT2D eigenvalue weighted by molar-refractivity contribution is 0.0459. The third kappa shape index (κ3) is 5.73. The summed E-state index contributed by atoms with van der Waals surface area (Å²) in [7, 11) is 0. The molecule has 0 aliphatic carbocycles. The summed E-state index contributed by atoms with van der Waals surface area (Å²) in [4.78, 5) is 23.2. The van der Waals surface area contributed by atoms with Gasteiger partial charge in [0.15, 0.2) is 0 Å². The summed E-state index contributed by atoms with van der Waals surface area (Å²) in [5, 5.41) is 5.40. The molecule has 0 unspecified atom stereocenters. The summed E-state index contributed by atoms with van der Waals surface area (Å²) in [6, 6.07) is 6.38. The van der Waals surface area contributed by atoms with Crippen LogP contribution in [0, 0.1) is 5.92 Å². The minimum absolute atomic E-state index is 0.248. The van der Waals surface area contributed by atoms with E-state index in [4.69, 9.17) is 4.74 Å². The molecule has 5 nitrogen and oxygen atoms in total. The number of amides is 2. The first kappa shape index (κ1) is 16.0. The fourth-order valence-corrected chi connectivity index (χ4v) is 1.43. The largest absolute Gasteiger partial charge is 0.462 e. The Morgan fingerprint density at radius 3 is 2.40 bits per heavy atom. The average Bonchev–Trinajstić information content (AvgIpc) is 2.43. The zero-order valence-corrected chi connectivity index (χ0v) is 12.2. The maximum atomic E-state index is 11.7. The number of esters is 1. The number of hydrogen-bond donors (Lipinski definition) is 2. The number of rotatable bonds is 6. The number of hydrogen-bond acceptors (Lipinski definition) is 3. The normalized spacial score (nSPS) is 10.2. The summed E-state index contributed by atoms with van der Waals surface area (Å²) < 4.78 is 5.12. The second-order valence-corrected chi connectivity index (χ2v) is 4.95. The number of benzene rings is 1. The van der Waals surface area contributed by atoms with E-state index >= 15 is 0 Å². The van der Waals surface area contributed by atoms with Crippen molar-refractivity contribution < 1.29 is 14.3 Å². The van der Waals surface area contributed by atoms with Crippen LogP contribution in [0.25, 0.3) is 0 Å². The van der Waals surface area contributed by atoms with Crippen molar-refractivity contribution in [1.29, 1.82) is 0 Å². The van der Waals surface area contributed by atoms with Crippen molar-refractivity contribution in [3.8, 4) is 0 Å². The first-order chi connectivity index (χ1) is 9.52. The van der Waals surface area contributed by atoms with Gasteiger partial charge in [-0.25, -0.2) is 9.59 Å². The SMILES string of the molecule is CCCNC(=O)Nc1ccc(C(=O)OCC(C)C)cc1. The molecule has 0 radical (unpaired) electrons. The highest BCUT2D eigenvalue weighted by molar-refractivity contribution is 5.92. The van der Waals surface area contributed by atoms with E-state index in [9.17, 15) is 9.59 Å². The Morgan fingerprint density at radius 1 is 1.20 bits per heavy atom. The summed E-state index contributed by atoms with van der Waals surface area (Å²) in [5.74, 6) is -0.0390. The number of urea groups is 1. The second kappa shape index (κ2) is 8.19. The minimum Gasteiger partial charge on any atom is -0.462 e. The fraction of sp³-hybridized carbons (Fsp3) is 0.467. The quantitative estimate of drug-likeness (QED) is 0.786. The number of carbonyl (C=O) groups excluding carboxylic acids is 2. The number of ether oxygens (including phenoxy) is 1. The molecule has 2 N–H and O–H groups in total. The van der Waals surface area contributed by atoms with Gasteiger partial charge in [-0.2, -0.15) is 0 Å². The first-order valence-electron chi connectivity index (χ1n) is 6.85. The van der Waals surface area contributed by atoms with Gasteiger partial charge in [-0.1, -0.05) is 20.8 Å². The predicted octanol–water partition coefficient (Wildman–Crippen LogP) is 3.03. The molecule has 1 aromatic carbocycles. The second-order valence-electron chi connectivity index (χ2n) is 4.95. The Labute approximate surface area is 119 Å². The number of anilines is 1. The van der Waals surface area contributed by atoms with Gasteiger partial charge < -0.3 is 15.4 Å². The van der Waals surface area contributed by atoms with Crippen molar-refractivity contribution in [3.05, 3.63) is 29.8 Å². The van der Waals surface area contributed by atoms with Gasteiger partial charge in [-0.3, -0.25) is 0 Å². The lowest BCUT2D eigenvalue weighted by Gasteiger charge is -2.09. The monoisotopic (exact) mass is 278 g/mol. The lowest BCUT2D eigenvalue weighted by atomic mass is 10.2. The van der Waals surface area contributed by atoms with Crippen molar-refractivity contribution in [3.63, 3.8) is 0 Å². The molecule has 0 saturated heterocycles. The molecule has 0 aromatic heterocycles. The topological polar surface area (TPSA) is 67.4 Å². The van der Waals surface area contributed by atoms with Gasteiger partial charge in [-0.05, 0) is 36.6 Å². The summed E-state index contributed by atoms with van der Waals surface area (Å²) in [6.07, 6.45) is 0.883. The average molecular weight is 278 g/mol. The fourth-order valence-electron chi connectivity index (χ4n) is 1.43. The van der Waals surface area contributed by atoms with Crippen LogP contribution in [0.15, 0.2) is 24.3 Å². The van der Waals surface area contributed by atoms with E-state index in [1.54, 1.807) is 24.3 Å². The van der Waals surface area contributed by atoms with Crippen molar-refractivity contribution in [2.45, 2.75) is 27.2 Å². The molecule has 1 rings (SSSR count). The van der Waals surface area contributed by atoms with E-state index in [0.29, 0.717) is 30.3 Å². The highest BCUT2D eigenvalue weighted by Crippen LogP contribution is 2.11. The zero-order valence-electron chi connectivity index (χ0n) is 12.2. The molecule has 0 aliphatic rings. The molecule has 20 heavy (non-hydrogen) atoms. The van der Waals surface area contributed by atoms with Crippen LogP contribution in [0.2, 0.25) is 0 Å². The van der Waals surface area contributed by atoms with Crippen molar-refractivity contribution in [2.24, 2.45) is 5.92 Å². The molecule has 0 heterocycles. The molecule has 1 aromatic rings. The summed E-state index contributed by atoms with van der Waals surface area (Å²) >= 11 is 0. The van der Waals surface area contributed by atoms with E-state index in [0.717, 1.165) is 6.42 Å². The van der Waals surface area contributed by atoms with Crippen molar-refractivity contribution in [1.82, 2.24) is 5.32 Å². The van der Waals surface area contributed by atoms with Gasteiger partial charge in [0.05, 0.1) is 12.2 Å². The molecule has 0 fully saturated rings. The van der Waals surface area contributed by atoms with Crippen LogP contribution in [0.1, 0.15) is 37.6 Å². The Kier molecular flexibility index (Phi) is 6.56. The van der Waals surface area contributed by atoms with Crippen LogP contribution < -0.4 is 10.6 Å². The van der Waals surface area contributed by atoms with Crippen LogP contribution in [0.4, 0.5) is 10.5 Å². The van der Waals surface area contributed by atoms with Gasteiger partial charge in [0.1, 0.15) is 0 Å². The molecule has 0 bridgehead atoms. The maximum absolute atomic E-state index is 11.7. The highest BCUT2D eigenvalue weighted by atomic mass is 16.5. The van der Waals surface area contributed by atoms with Crippen molar-refractivity contribution >= 4 is 17.7 Å². The summed E-state index contributed by atoms with van der Waals surface area (Å²) in [5.41, 5.74) is 1.11. The Morgan fingerprint density at radius 2 is 1.85 bits per heavy atom. The van der Waals surface area contributed by atoms with E-state index in [-0.39, 0.29) is 12.0 Å². The standard InChI is InChI=1S/C15H22N2O3/c1-4-9-16-15(19)17-13-7-5-12(6-8-13)14(18)20-10-11(2)3/h5-8,11H,4,9-10H2,1-3H3,(H2,16,17,19). The Hall–Kier alpha value is -2.04. The first-order valence-corrected chi connectivity index (χ1v) is 6.85. The van der Waals surface area contributed by atoms with Crippen LogP contribution in [0.5, 0.6) is 0 Å². The number of nitrogens with one attached hydrogen (secondary N) is 2. The van der Waals surface area contributed by atoms with Gasteiger partial charge in [-0.15, -0.1) is 0 Å². The van der Waals surface area contributed by atoms with E-state index in [2.05, 4.69) is 10.6 Å². The zero-order chi connectivity index (χ0) is 15.0. The Balaban J connectivity index is 2.51. The van der Waals surface area contributed by atoms with Gasteiger partial charge >= 0.3 is 12.0 Å². The van der Waals surface area contributed by atoms with E-state index < -0.39 is 0 Å². The van der Waals surface area contributed by atoms with Crippen LogP contribution in [-0.2, 0) is 4.74 Å². The van der Waals surface area contributed by atoms with Gasteiger partial charge in [0.2, 0.25) is 0 Å². The molecule has 2 amide bonds. The molecular formula is C15H22N2O3. The molecule has 0 aliphatic heterocycles. The van der Waals surface area contributed by atoms with Gasteiger partial charge in [0, 0.05) is 12.2 Å². The summed E-state index contributed by atoms with van der Waals surface area (Å²) in [6.45, 7) is 6.98. The molecule has 0 saturated carbocycles. The van der Waals surface area contributed by atoms with Crippen LogP contribution >= 0.6 is 0 Å². The lowest BCUT2D eigenvalue weighted by Crippen LogP contribution is -2.29. The minimum atomic E-state index is -0.347. The van der Waals surface area contributed by atoms with Gasteiger partial charge in [0.25, 0.3) is 0 Å². The van der Waals surface area contributed by atoms with Crippen molar-refractivity contribution in [2.75, 3.05) is 18.5 Å². The molecule has 110 valence electrons. The maximum Gasteiger partial charge on any atom is 0.338 e. The third-order valence-corrected chi connectivity index (χ3v) is 2.46. The Bertz CT molecular complexity index is 441. The molecular weight excluding hydrogens is 256 g/mol. The predicted molar refractivity (Wildman–Crippen MR) is 78.9 cm³/mol. The third-order valence-electron chi connectivity index (χ3n) is 2.46. The molecule has 0 atom stereocenters. The van der Waals surface area contributed by atoms with E-state index in [1.165, 1.54) is 0 Å². The number of carbonyl (C=O) groups is 2. The molecule has 5 heteroatoms. The smallest absolute Gasteiger partial charge is 0.338 e.